The van der Waals surface area contributed by atoms with Gasteiger partial charge in [-0.05, 0) is 22.8 Å². The molecule has 0 radical (unpaired) electrons. The highest BCUT2D eigenvalue weighted by Crippen LogP contribution is 2.26. The van der Waals surface area contributed by atoms with E-state index in [2.05, 4.69) is 47.4 Å². The zero-order valence-electron chi connectivity index (χ0n) is 11.8. The van der Waals surface area contributed by atoms with Crippen LogP contribution in [0.4, 0.5) is 0 Å². The van der Waals surface area contributed by atoms with Gasteiger partial charge in [0.1, 0.15) is 5.75 Å². The fourth-order valence-electron chi connectivity index (χ4n) is 2.83. The Labute approximate surface area is 120 Å². The van der Waals surface area contributed by atoms with Crippen LogP contribution < -0.4 is 10.5 Å². The van der Waals surface area contributed by atoms with Crippen molar-refractivity contribution in [1.29, 1.82) is 0 Å². The SMILES string of the molecule is COc1cc(CN2Cc3ccccc3C2)ccc1CN. The Morgan fingerprint density at radius 3 is 2.40 bits per heavy atom. The van der Waals surface area contributed by atoms with Gasteiger partial charge < -0.3 is 10.5 Å². The zero-order valence-corrected chi connectivity index (χ0v) is 11.8. The van der Waals surface area contributed by atoms with Gasteiger partial charge in [-0.3, -0.25) is 4.90 Å². The molecule has 3 rings (SSSR count). The number of nitrogens with zero attached hydrogens (tertiary/aromatic N) is 1. The molecule has 3 nitrogen and oxygen atoms in total. The summed E-state index contributed by atoms with van der Waals surface area (Å²) >= 11 is 0. The minimum Gasteiger partial charge on any atom is -0.496 e. The van der Waals surface area contributed by atoms with E-state index in [0.717, 1.165) is 30.9 Å². The van der Waals surface area contributed by atoms with Crippen molar-refractivity contribution in [3.63, 3.8) is 0 Å². The van der Waals surface area contributed by atoms with E-state index in [1.807, 2.05) is 0 Å². The number of rotatable bonds is 4. The highest BCUT2D eigenvalue weighted by Gasteiger charge is 2.18. The van der Waals surface area contributed by atoms with E-state index >= 15 is 0 Å². The number of hydrogen-bond acceptors (Lipinski definition) is 3. The van der Waals surface area contributed by atoms with Gasteiger partial charge in [-0.2, -0.15) is 0 Å². The fourth-order valence-corrected chi connectivity index (χ4v) is 2.83. The lowest BCUT2D eigenvalue weighted by Crippen LogP contribution is -2.15. The van der Waals surface area contributed by atoms with Crippen molar-refractivity contribution in [2.75, 3.05) is 7.11 Å². The normalized spacial score (nSPS) is 14.3. The maximum atomic E-state index is 5.71. The first-order valence-corrected chi connectivity index (χ1v) is 6.95. The van der Waals surface area contributed by atoms with Crippen molar-refractivity contribution < 1.29 is 4.74 Å². The molecule has 0 amide bonds. The van der Waals surface area contributed by atoms with E-state index in [-0.39, 0.29) is 0 Å². The molecular weight excluding hydrogens is 248 g/mol. The van der Waals surface area contributed by atoms with Crippen molar-refractivity contribution in [1.82, 2.24) is 4.90 Å². The monoisotopic (exact) mass is 268 g/mol. The highest BCUT2D eigenvalue weighted by molar-refractivity contribution is 5.38. The largest absolute Gasteiger partial charge is 0.496 e. The summed E-state index contributed by atoms with van der Waals surface area (Å²) in [6.07, 6.45) is 0. The quantitative estimate of drug-likeness (QED) is 0.926. The maximum Gasteiger partial charge on any atom is 0.123 e. The number of nitrogens with two attached hydrogens (primary N) is 1. The van der Waals surface area contributed by atoms with E-state index in [1.165, 1.54) is 16.7 Å². The molecule has 2 N–H and O–H groups in total. The average Bonchev–Trinajstić information content (AvgIpc) is 2.89. The van der Waals surface area contributed by atoms with Crippen LogP contribution in [0.15, 0.2) is 42.5 Å². The maximum absolute atomic E-state index is 5.71. The summed E-state index contributed by atoms with van der Waals surface area (Å²) in [4.78, 5) is 2.45. The first-order valence-electron chi connectivity index (χ1n) is 6.95. The summed E-state index contributed by atoms with van der Waals surface area (Å²) in [6.45, 7) is 3.50. The van der Waals surface area contributed by atoms with Gasteiger partial charge in [0.2, 0.25) is 0 Å². The van der Waals surface area contributed by atoms with Crippen molar-refractivity contribution in [2.45, 2.75) is 26.2 Å². The Balaban J connectivity index is 1.74. The van der Waals surface area contributed by atoms with Gasteiger partial charge in [-0.1, -0.05) is 36.4 Å². The van der Waals surface area contributed by atoms with Crippen LogP contribution in [0.1, 0.15) is 22.3 Å². The Kier molecular flexibility index (Phi) is 3.72. The number of benzene rings is 2. The van der Waals surface area contributed by atoms with Crippen LogP contribution >= 0.6 is 0 Å². The van der Waals surface area contributed by atoms with Gasteiger partial charge in [-0.15, -0.1) is 0 Å². The minimum atomic E-state index is 0.513. The zero-order chi connectivity index (χ0) is 13.9. The molecule has 0 atom stereocenters. The predicted molar refractivity (Wildman–Crippen MR) is 80.3 cm³/mol. The van der Waals surface area contributed by atoms with Crippen LogP contribution in [-0.2, 0) is 26.2 Å². The summed E-state index contributed by atoms with van der Waals surface area (Å²) in [5.41, 5.74) is 10.9. The minimum absolute atomic E-state index is 0.513. The van der Waals surface area contributed by atoms with Gasteiger partial charge in [0.25, 0.3) is 0 Å². The van der Waals surface area contributed by atoms with Gasteiger partial charge in [0.15, 0.2) is 0 Å². The van der Waals surface area contributed by atoms with Gasteiger partial charge >= 0.3 is 0 Å². The van der Waals surface area contributed by atoms with Crippen molar-refractivity contribution >= 4 is 0 Å². The van der Waals surface area contributed by atoms with E-state index < -0.39 is 0 Å². The van der Waals surface area contributed by atoms with Gasteiger partial charge in [-0.25, -0.2) is 0 Å². The molecule has 1 heterocycles. The molecule has 104 valence electrons. The number of hydrogen-bond donors (Lipinski definition) is 1. The van der Waals surface area contributed by atoms with Crippen molar-refractivity contribution in [2.24, 2.45) is 5.73 Å². The second-order valence-electron chi connectivity index (χ2n) is 5.26. The van der Waals surface area contributed by atoms with E-state index in [0.29, 0.717) is 6.54 Å². The Bertz CT molecular complexity index is 585. The van der Waals surface area contributed by atoms with Crippen LogP contribution in [0.2, 0.25) is 0 Å². The van der Waals surface area contributed by atoms with Crippen molar-refractivity contribution in [3.05, 3.63) is 64.7 Å². The molecule has 0 saturated carbocycles. The Morgan fingerprint density at radius 2 is 1.80 bits per heavy atom. The summed E-state index contributed by atoms with van der Waals surface area (Å²) in [6, 6.07) is 15.0. The summed E-state index contributed by atoms with van der Waals surface area (Å²) in [5.74, 6) is 0.890. The Hall–Kier alpha value is -1.84. The number of methoxy groups -OCH3 is 1. The molecular formula is C17H20N2O. The average molecular weight is 268 g/mol. The first-order chi connectivity index (χ1) is 9.80. The molecule has 0 fully saturated rings. The Morgan fingerprint density at radius 1 is 1.10 bits per heavy atom. The lowest BCUT2D eigenvalue weighted by atomic mass is 10.1. The van der Waals surface area contributed by atoms with Gasteiger partial charge in [0, 0.05) is 31.7 Å². The topological polar surface area (TPSA) is 38.5 Å². The predicted octanol–water partition coefficient (Wildman–Crippen LogP) is 2.67. The van der Waals surface area contributed by atoms with E-state index in [9.17, 15) is 0 Å². The van der Waals surface area contributed by atoms with Crippen LogP contribution in [0, 0.1) is 0 Å². The molecule has 0 spiro atoms. The summed E-state index contributed by atoms with van der Waals surface area (Å²) in [7, 11) is 1.70. The molecule has 20 heavy (non-hydrogen) atoms. The molecule has 1 aliphatic rings. The molecule has 0 bridgehead atoms. The molecule has 2 aromatic rings. The number of ether oxygens (including phenoxy) is 1. The molecule has 0 unspecified atom stereocenters. The second kappa shape index (κ2) is 5.65. The molecule has 0 aromatic heterocycles. The van der Waals surface area contributed by atoms with Crippen LogP contribution in [0.3, 0.4) is 0 Å². The van der Waals surface area contributed by atoms with Crippen LogP contribution in [0.5, 0.6) is 5.75 Å². The van der Waals surface area contributed by atoms with Crippen LogP contribution in [-0.4, -0.2) is 12.0 Å². The third kappa shape index (κ3) is 2.55. The van der Waals surface area contributed by atoms with E-state index in [1.54, 1.807) is 7.11 Å². The third-order valence-corrected chi connectivity index (χ3v) is 3.88. The summed E-state index contributed by atoms with van der Waals surface area (Å²) in [5, 5.41) is 0. The molecule has 3 heteroatoms. The number of fused-ring (bicyclic) bond motifs is 1. The molecule has 1 aliphatic heterocycles. The second-order valence-corrected chi connectivity index (χ2v) is 5.26. The van der Waals surface area contributed by atoms with Crippen LogP contribution in [0.25, 0.3) is 0 Å². The summed E-state index contributed by atoms with van der Waals surface area (Å²) < 4.78 is 5.40. The fraction of sp³-hybridized carbons (Fsp3) is 0.294. The van der Waals surface area contributed by atoms with Gasteiger partial charge in [0.05, 0.1) is 7.11 Å². The first kappa shape index (κ1) is 13.2. The molecule has 2 aromatic carbocycles. The smallest absolute Gasteiger partial charge is 0.123 e. The van der Waals surface area contributed by atoms with Crippen molar-refractivity contribution in [3.8, 4) is 5.75 Å². The third-order valence-electron chi connectivity index (χ3n) is 3.88. The molecule has 0 saturated heterocycles. The highest BCUT2D eigenvalue weighted by atomic mass is 16.5. The molecule has 0 aliphatic carbocycles. The lowest BCUT2D eigenvalue weighted by Gasteiger charge is -2.16. The van der Waals surface area contributed by atoms with E-state index in [4.69, 9.17) is 10.5 Å². The lowest BCUT2D eigenvalue weighted by molar-refractivity contribution is 0.275. The standard InChI is InChI=1S/C17H20N2O/c1-20-17-8-13(6-7-14(17)9-18)10-19-11-15-4-2-3-5-16(15)12-19/h2-8H,9-12,18H2,1H3.